The van der Waals surface area contributed by atoms with E-state index in [-0.39, 0.29) is 0 Å². The molecule has 0 fully saturated rings. The van der Waals surface area contributed by atoms with Gasteiger partial charge >= 0.3 is 0 Å². The van der Waals surface area contributed by atoms with Crippen LogP contribution in [0, 0.1) is 0 Å². The van der Waals surface area contributed by atoms with E-state index in [9.17, 15) is 5.11 Å². The summed E-state index contributed by atoms with van der Waals surface area (Å²) in [5.41, 5.74) is -0.738. The zero-order chi connectivity index (χ0) is 9.03. The molecule has 1 N–H and O–H groups in total. The van der Waals surface area contributed by atoms with Gasteiger partial charge in [-0.1, -0.05) is 32.1 Å². The zero-order valence-electron chi connectivity index (χ0n) is 7.83. The minimum atomic E-state index is -0.738. The molecule has 1 unspecified atom stereocenters. The molecule has 0 bridgehead atoms. The second-order valence-electron chi connectivity index (χ2n) is 3.04. The van der Waals surface area contributed by atoms with Crippen LogP contribution in [0.25, 0.3) is 0 Å². The van der Waals surface area contributed by atoms with E-state index in [2.05, 4.69) is 13.8 Å². The van der Waals surface area contributed by atoms with Crippen LogP contribution >= 0.6 is 0 Å². The smallest absolute Gasteiger partial charge is 0.141 e. The molecule has 0 aromatic heterocycles. The van der Waals surface area contributed by atoms with Crippen LogP contribution in [0.5, 0.6) is 0 Å². The Kier molecular flexibility index (Phi) is 3.06. The molecule has 2 nitrogen and oxygen atoms in total. The summed E-state index contributed by atoms with van der Waals surface area (Å²) in [4.78, 5) is 2.05. The Hall–Kier alpha value is -0.600. The Morgan fingerprint density at radius 2 is 2.00 bits per heavy atom. The number of hydrogen-bond acceptors (Lipinski definition) is 2. The van der Waals surface area contributed by atoms with Crippen LogP contribution in [-0.4, -0.2) is 28.8 Å². The van der Waals surface area contributed by atoms with Gasteiger partial charge in [0.2, 0.25) is 0 Å². The van der Waals surface area contributed by atoms with Crippen molar-refractivity contribution < 1.29 is 5.11 Å². The van der Waals surface area contributed by atoms with Crippen molar-refractivity contribution in [1.29, 1.82) is 0 Å². The summed E-state index contributed by atoms with van der Waals surface area (Å²) in [6.45, 7) is 5.89. The molecule has 1 aliphatic carbocycles. The molecule has 0 aliphatic heterocycles. The normalized spacial score (nSPS) is 28.3. The van der Waals surface area contributed by atoms with Crippen molar-refractivity contribution in [2.75, 3.05) is 13.1 Å². The van der Waals surface area contributed by atoms with Gasteiger partial charge in [0.05, 0.1) is 0 Å². The van der Waals surface area contributed by atoms with Crippen LogP contribution in [0.2, 0.25) is 0 Å². The molecule has 12 heavy (non-hydrogen) atoms. The Labute approximate surface area is 74.2 Å². The van der Waals surface area contributed by atoms with E-state index in [0.717, 1.165) is 13.1 Å². The maximum Gasteiger partial charge on any atom is 0.141 e. The van der Waals surface area contributed by atoms with Crippen molar-refractivity contribution in [3.8, 4) is 0 Å². The number of nitrogens with zero attached hydrogens (tertiary/aromatic N) is 1. The van der Waals surface area contributed by atoms with Gasteiger partial charge in [-0.15, -0.1) is 0 Å². The Bertz CT molecular complexity index is 194. The third-order valence-electron chi connectivity index (χ3n) is 2.34. The molecule has 1 atom stereocenters. The second-order valence-corrected chi connectivity index (χ2v) is 3.04. The van der Waals surface area contributed by atoms with Gasteiger partial charge in [-0.05, 0) is 19.2 Å². The molecule has 1 rings (SSSR count). The highest BCUT2D eigenvalue weighted by Gasteiger charge is 2.28. The van der Waals surface area contributed by atoms with Gasteiger partial charge < -0.3 is 5.11 Å². The molecule has 0 saturated heterocycles. The maximum absolute atomic E-state index is 10.1. The summed E-state index contributed by atoms with van der Waals surface area (Å²) in [7, 11) is 0. The fourth-order valence-electron chi connectivity index (χ4n) is 1.60. The predicted octanol–water partition coefficient (Wildman–Crippen LogP) is 1.53. The van der Waals surface area contributed by atoms with Crippen LogP contribution in [0.4, 0.5) is 0 Å². The highest BCUT2D eigenvalue weighted by Crippen LogP contribution is 2.21. The van der Waals surface area contributed by atoms with Crippen molar-refractivity contribution in [1.82, 2.24) is 4.90 Å². The van der Waals surface area contributed by atoms with Crippen LogP contribution in [0.15, 0.2) is 24.3 Å². The molecule has 0 radical (unpaired) electrons. The zero-order valence-corrected chi connectivity index (χ0v) is 7.83. The van der Waals surface area contributed by atoms with E-state index in [1.807, 2.05) is 29.2 Å². The van der Waals surface area contributed by atoms with E-state index in [0.29, 0.717) is 6.42 Å². The van der Waals surface area contributed by atoms with Gasteiger partial charge in [-0.25, -0.2) is 0 Å². The first-order valence-corrected chi connectivity index (χ1v) is 4.54. The topological polar surface area (TPSA) is 23.5 Å². The lowest BCUT2D eigenvalue weighted by atomic mass is 10.0. The third kappa shape index (κ3) is 1.76. The average molecular weight is 167 g/mol. The molecule has 0 amide bonds. The fraction of sp³-hybridized carbons (Fsp3) is 0.600. The molecular weight excluding hydrogens is 150 g/mol. The summed E-state index contributed by atoms with van der Waals surface area (Å²) in [5, 5.41) is 10.1. The highest BCUT2D eigenvalue weighted by atomic mass is 16.3. The van der Waals surface area contributed by atoms with Gasteiger partial charge in [0.1, 0.15) is 5.72 Å². The van der Waals surface area contributed by atoms with Crippen LogP contribution in [0.3, 0.4) is 0 Å². The number of aliphatic hydroxyl groups is 1. The minimum absolute atomic E-state index is 0.700. The first-order chi connectivity index (χ1) is 5.73. The third-order valence-corrected chi connectivity index (χ3v) is 2.34. The molecule has 2 heteroatoms. The monoisotopic (exact) mass is 167 g/mol. The maximum atomic E-state index is 10.1. The molecule has 0 saturated carbocycles. The lowest BCUT2D eigenvalue weighted by Gasteiger charge is -2.36. The fourth-order valence-corrected chi connectivity index (χ4v) is 1.60. The second kappa shape index (κ2) is 3.87. The average Bonchev–Trinajstić information content (AvgIpc) is 2.07. The van der Waals surface area contributed by atoms with Gasteiger partial charge in [0.25, 0.3) is 0 Å². The number of likely N-dealkylation sites (N-methyl/N-ethyl adjacent to an activating group) is 1. The SMILES string of the molecule is CCN(CC)C1(O)C=CC=CC1. The van der Waals surface area contributed by atoms with E-state index in [1.165, 1.54) is 0 Å². The lowest BCUT2D eigenvalue weighted by molar-refractivity contribution is -0.0608. The number of allylic oxidation sites excluding steroid dienone is 2. The van der Waals surface area contributed by atoms with Gasteiger partial charge in [0, 0.05) is 6.42 Å². The Morgan fingerprint density at radius 3 is 2.42 bits per heavy atom. The molecule has 0 heterocycles. The highest BCUT2D eigenvalue weighted by molar-refractivity contribution is 5.17. The van der Waals surface area contributed by atoms with Gasteiger partial charge in [0.15, 0.2) is 0 Å². The van der Waals surface area contributed by atoms with Gasteiger partial charge in [-0.3, -0.25) is 4.90 Å². The predicted molar refractivity (Wildman–Crippen MR) is 50.8 cm³/mol. The minimum Gasteiger partial charge on any atom is -0.372 e. The number of hydrogen-bond donors (Lipinski definition) is 1. The van der Waals surface area contributed by atoms with Crippen LogP contribution in [-0.2, 0) is 0 Å². The summed E-state index contributed by atoms with van der Waals surface area (Å²) < 4.78 is 0. The molecule has 1 aliphatic rings. The van der Waals surface area contributed by atoms with Crippen LogP contribution in [0.1, 0.15) is 20.3 Å². The van der Waals surface area contributed by atoms with Crippen molar-refractivity contribution in [2.45, 2.75) is 26.0 Å². The van der Waals surface area contributed by atoms with Crippen molar-refractivity contribution in [3.63, 3.8) is 0 Å². The Balaban J connectivity index is 2.69. The molecule has 0 aromatic carbocycles. The largest absolute Gasteiger partial charge is 0.372 e. The Morgan fingerprint density at radius 1 is 1.33 bits per heavy atom. The van der Waals surface area contributed by atoms with Crippen molar-refractivity contribution in [2.24, 2.45) is 0 Å². The van der Waals surface area contributed by atoms with Gasteiger partial charge in [-0.2, -0.15) is 0 Å². The summed E-state index contributed by atoms with van der Waals surface area (Å²) in [6, 6.07) is 0. The first kappa shape index (κ1) is 9.49. The molecule has 0 spiro atoms. The molecular formula is C10H17NO. The standard InChI is InChI=1S/C10H17NO/c1-3-11(4-2)10(12)8-6-5-7-9-10/h5-8,12H,3-4,9H2,1-2H3. The summed E-state index contributed by atoms with van der Waals surface area (Å²) in [5.74, 6) is 0. The first-order valence-electron chi connectivity index (χ1n) is 4.54. The van der Waals surface area contributed by atoms with Crippen LogP contribution < -0.4 is 0 Å². The molecule has 68 valence electrons. The van der Waals surface area contributed by atoms with E-state index in [1.54, 1.807) is 0 Å². The van der Waals surface area contributed by atoms with Crippen molar-refractivity contribution in [3.05, 3.63) is 24.3 Å². The summed E-state index contributed by atoms with van der Waals surface area (Å²) in [6.07, 6.45) is 8.43. The van der Waals surface area contributed by atoms with E-state index < -0.39 is 5.72 Å². The quantitative estimate of drug-likeness (QED) is 0.644. The lowest BCUT2D eigenvalue weighted by Crippen LogP contribution is -2.47. The summed E-state index contributed by atoms with van der Waals surface area (Å²) >= 11 is 0. The van der Waals surface area contributed by atoms with Crippen molar-refractivity contribution >= 4 is 0 Å². The number of rotatable bonds is 3. The van der Waals surface area contributed by atoms with E-state index >= 15 is 0 Å². The molecule has 0 aromatic rings. The van der Waals surface area contributed by atoms with E-state index in [4.69, 9.17) is 0 Å².